The summed E-state index contributed by atoms with van der Waals surface area (Å²) in [6.07, 6.45) is 1.01. The number of nitriles is 1. The molecular formula is C8H16N2O. The fourth-order valence-electron chi connectivity index (χ4n) is 0.781. The van der Waals surface area contributed by atoms with Crippen molar-refractivity contribution in [2.75, 3.05) is 33.4 Å². The molecule has 0 amide bonds. The van der Waals surface area contributed by atoms with E-state index >= 15 is 0 Å². The number of nitrogens with zero attached hydrogens (tertiary/aromatic N) is 2. The van der Waals surface area contributed by atoms with Crippen molar-refractivity contribution in [1.82, 2.24) is 4.90 Å². The van der Waals surface area contributed by atoms with Crippen molar-refractivity contribution in [1.29, 1.82) is 5.26 Å². The number of ether oxygens (including phenoxy) is 1. The van der Waals surface area contributed by atoms with Gasteiger partial charge in [-0.25, -0.2) is 0 Å². The lowest BCUT2D eigenvalue weighted by Crippen LogP contribution is -2.20. The highest BCUT2D eigenvalue weighted by Gasteiger charge is 1.94. The van der Waals surface area contributed by atoms with Crippen molar-refractivity contribution in [3.8, 4) is 6.07 Å². The van der Waals surface area contributed by atoms with Crippen LogP contribution in [0.2, 0.25) is 0 Å². The van der Waals surface area contributed by atoms with Gasteiger partial charge in [0.1, 0.15) is 0 Å². The van der Waals surface area contributed by atoms with Crippen molar-refractivity contribution in [3.05, 3.63) is 0 Å². The molecule has 11 heavy (non-hydrogen) atoms. The maximum atomic E-state index is 8.32. The summed E-state index contributed by atoms with van der Waals surface area (Å²) in [5.41, 5.74) is 0. The van der Waals surface area contributed by atoms with Gasteiger partial charge in [-0.05, 0) is 20.4 Å². The van der Waals surface area contributed by atoms with E-state index in [0.29, 0.717) is 6.54 Å². The first-order chi connectivity index (χ1) is 5.31. The Labute approximate surface area is 68.6 Å². The van der Waals surface area contributed by atoms with Gasteiger partial charge in [0.05, 0.1) is 12.6 Å². The van der Waals surface area contributed by atoms with Crippen molar-refractivity contribution >= 4 is 0 Å². The Bertz CT molecular complexity index is 120. The van der Waals surface area contributed by atoms with Crippen molar-refractivity contribution < 1.29 is 4.74 Å². The summed E-state index contributed by atoms with van der Waals surface area (Å²) in [6.45, 7) is 5.01. The zero-order valence-electron chi connectivity index (χ0n) is 7.34. The molecule has 64 valence electrons. The van der Waals surface area contributed by atoms with E-state index in [-0.39, 0.29) is 0 Å². The zero-order chi connectivity index (χ0) is 8.53. The van der Waals surface area contributed by atoms with Crippen LogP contribution in [0.5, 0.6) is 0 Å². The first-order valence-corrected chi connectivity index (χ1v) is 3.94. The third-order valence-corrected chi connectivity index (χ3v) is 1.37. The van der Waals surface area contributed by atoms with Crippen LogP contribution in [0, 0.1) is 11.3 Å². The van der Waals surface area contributed by atoms with E-state index in [4.69, 9.17) is 10.00 Å². The summed E-state index contributed by atoms with van der Waals surface area (Å²) in [5, 5.41) is 8.32. The Morgan fingerprint density at radius 3 is 2.82 bits per heavy atom. The molecule has 0 aromatic carbocycles. The normalized spacial score (nSPS) is 10.0. The molecule has 0 fully saturated rings. The average molecular weight is 156 g/mol. The van der Waals surface area contributed by atoms with Gasteiger partial charge in [0, 0.05) is 19.8 Å². The fraction of sp³-hybridized carbons (Fsp3) is 0.875. The third kappa shape index (κ3) is 7.31. The Hall–Kier alpha value is -0.590. The van der Waals surface area contributed by atoms with Crippen LogP contribution in [0.3, 0.4) is 0 Å². The second kappa shape index (κ2) is 7.52. The minimum absolute atomic E-state index is 0.506. The van der Waals surface area contributed by atoms with Crippen molar-refractivity contribution in [2.24, 2.45) is 0 Å². The van der Waals surface area contributed by atoms with Gasteiger partial charge in [0.15, 0.2) is 0 Å². The Kier molecular flexibility index (Phi) is 7.11. The summed E-state index contributed by atoms with van der Waals surface area (Å²) in [4.78, 5) is 1.99. The highest BCUT2D eigenvalue weighted by atomic mass is 16.5. The number of rotatable bonds is 6. The first-order valence-electron chi connectivity index (χ1n) is 3.94. The molecule has 0 aromatic rings. The molecule has 0 rings (SSSR count). The Balaban J connectivity index is 3.05. The van der Waals surface area contributed by atoms with Gasteiger partial charge >= 0.3 is 0 Å². The van der Waals surface area contributed by atoms with Crippen molar-refractivity contribution in [3.63, 3.8) is 0 Å². The lowest BCUT2D eigenvalue weighted by molar-refractivity contribution is 0.137. The lowest BCUT2D eigenvalue weighted by Gasteiger charge is -2.11. The molecule has 0 atom stereocenters. The molecule has 0 saturated carbocycles. The fourth-order valence-corrected chi connectivity index (χ4v) is 0.781. The maximum absolute atomic E-state index is 8.32. The van der Waals surface area contributed by atoms with Gasteiger partial charge in [-0.3, -0.25) is 4.90 Å². The average Bonchev–Trinajstić information content (AvgIpc) is 1.99. The van der Waals surface area contributed by atoms with E-state index in [2.05, 4.69) is 6.07 Å². The van der Waals surface area contributed by atoms with Gasteiger partial charge in [-0.2, -0.15) is 5.26 Å². The summed E-state index contributed by atoms with van der Waals surface area (Å²) in [6, 6.07) is 2.09. The van der Waals surface area contributed by atoms with Crippen LogP contribution in [0.4, 0.5) is 0 Å². The molecule has 0 aliphatic carbocycles. The lowest BCUT2D eigenvalue weighted by atomic mass is 10.4. The summed E-state index contributed by atoms with van der Waals surface area (Å²) in [5.74, 6) is 0. The summed E-state index contributed by atoms with van der Waals surface area (Å²) in [7, 11) is 1.94. The van der Waals surface area contributed by atoms with Crippen LogP contribution in [-0.4, -0.2) is 38.3 Å². The molecule has 0 aromatic heterocycles. The number of hydrogen-bond acceptors (Lipinski definition) is 3. The highest BCUT2D eigenvalue weighted by Crippen LogP contribution is 1.87. The van der Waals surface area contributed by atoms with E-state index < -0.39 is 0 Å². The second-order valence-corrected chi connectivity index (χ2v) is 2.45. The minimum Gasteiger partial charge on any atom is -0.382 e. The molecule has 0 unspecified atom stereocenters. The van der Waals surface area contributed by atoms with E-state index in [0.717, 1.165) is 26.2 Å². The van der Waals surface area contributed by atoms with Crippen LogP contribution in [0.1, 0.15) is 13.3 Å². The Morgan fingerprint density at radius 2 is 2.27 bits per heavy atom. The summed E-state index contributed by atoms with van der Waals surface area (Å²) < 4.78 is 5.15. The van der Waals surface area contributed by atoms with Crippen LogP contribution in [0.15, 0.2) is 0 Å². The van der Waals surface area contributed by atoms with Crippen LogP contribution < -0.4 is 0 Å². The topological polar surface area (TPSA) is 36.3 Å². The molecule has 0 aliphatic heterocycles. The van der Waals surface area contributed by atoms with Crippen molar-refractivity contribution in [2.45, 2.75) is 13.3 Å². The van der Waals surface area contributed by atoms with Crippen LogP contribution in [-0.2, 0) is 4.74 Å². The molecule has 0 saturated heterocycles. The first kappa shape index (κ1) is 10.4. The quantitative estimate of drug-likeness (QED) is 0.423. The molecule has 0 heterocycles. The molecule has 0 radical (unpaired) electrons. The molecule has 0 bridgehead atoms. The molecule has 3 nitrogen and oxygen atoms in total. The zero-order valence-corrected chi connectivity index (χ0v) is 7.34. The van der Waals surface area contributed by atoms with E-state index in [1.54, 1.807) is 0 Å². The van der Waals surface area contributed by atoms with Crippen LogP contribution in [0.25, 0.3) is 0 Å². The monoisotopic (exact) mass is 156 g/mol. The van der Waals surface area contributed by atoms with Gasteiger partial charge < -0.3 is 4.74 Å². The van der Waals surface area contributed by atoms with Gasteiger partial charge in [0.2, 0.25) is 0 Å². The largest absolute Gasteiger partial charge is 0.382 e. The minimum atomic E-state index is 0.506. The van der Waals surface area contributed by atoms with E-state index in [1.165, 1.54) is 0 Å². The second-order valence-electron chi connectivity index (χ2n) is 2.45. The predicted octanol–water partition coefficient (Wildman–Crippen LogP) is 0.868. The SMILES string of the molecule is CCOCCCN(C)CC#N. The highest BCUT2D eigenvalue weighted by molar-refractivity contribution is 4.73. The predicted molar refractivity (Wildman–Crippen MR) is 44.2 cm³/mol. The maximum Gasteiger partial charge on any atom is 0.0863 e. The molecular weight excluding hydrogens is 140 g/mol. The third-order valence-electron chi connectivity index (χ3n) is 1.37. The van der Waals surface area contributed by atoms with E-state index in [1.807, 2.05) is 18.9 Å². The van der Waals surface area contributed by atoms with Crippen LogP contribution >= 0.6 is 0 Å². The standard InChI is InChI=1S/C8H16N2O/c1-3-11-8-4-6-10(2)7-5-9/h3-4,6-8H2,1-2H3. The molecule has 0 N–H and O–H groups in total. The Morgan fingerprint density at radius 1 is 1.55 bits per heavy atom. The van der Waals surface area contributed by atoms with Gasteiger partial charge in [-0.1, -0.05) is 0 Å². The summed E-state index contributed by atoms with van der Waals surface area (Å²) >= 11 is 0. The smallest absolute Gasteiger partial charge is 0.0863 e. The van der Waals surface area contributed by atoms with E-state index in [9.17, 15) is 0 Å². The molecule has 3 heteroatoms. The van der Waals surface area contributed by atoms with Gasteiger partial charge in [0.25, 0.3) is 0 Å². The molecule has 0 spiro atoms. The molecule has 0 aliphatic rings. The number of hydrogen-bond donors (Lipinski definition) is 0. The van der Waals surface area contributed by atoms with Gasteiger partial charge in [-0.15, -0.1) is 0 Å².